The Morgan fingerprint density at radius 1 is 1.25 bits per heavy atom. The summed E-state index contributed by atoms with van der Waals surface area (Å²) in [7, 11) is 1.50. The van der Waals surface area contributed by atoms with E-state index in [2.05, 4.69) is 21.2 Å². The third-order valence-electron chi connectivity index (χ3n) is 2.76. The number of hydrogen-bond acceptors (Lipinski definition) is 2. The first-order valence-corrected chi connectivity index (χ1v) is 6.90. The molecule has 0 saturated heterocycles. The first-order valence-electron chi connectivity index (χ1n) is 5.72. The van der Waals surface area contributed by atoms with E-state index in [1.54, 1.807) is 18.2 Å². The molecule has 0 fully saturated rings. The summed E-state index contributed by atoms with van der Waals surface area (Å²) in [6, 6.07) is 7.57. The van der Waals surface area contributed by atoms with Crippen LogP contribution in [0.1, 0.15) is 5.56 Å². The average Bonchev–Trinajstić information content (AvgIpc) is 2.44. The Balaban J connectivity index is 2.19. The van der Waals surface area contributed by atoms with Gasteiger partial charge >= 0.3 is 0 Å². The SMILES string of the molecule is COc1cc(NCc2c(F)ccc(Br)c2F)ccc1Cl. The van der Waals surface area contributed by atoms with Crippen molar-refractivity contribution in [1.29, 1.82) is 0 Å². The van der Waals surface area contributed by atoms with Crippen molar-refractivity contribution >= 4 is 33.2 Å². The standard InChI is InChI=1S/C14H11BrClF2NO/c1-20-13-6-8(2-4-11(13)16)19-7-9-12(17)5-3-10(15)14(9)18/h2-6,19H,7H2,1H3. The first-order chi connectivity index (χ1) is 9.52. The number of benzene rings is 2. The van der Waals surface area contributed by atoms with Crippen molar-refractivity contribution in [2.45, 2.75) is 6.54 Å². The maximum Gasteiger partial charge on any atom is 0.145 e. The molecule has 0 spiro atoms. The number of ether oxygens (including phenoxy) is 1. The molecule has 6 heteroatoms. The van der Waals surface area contributed by atoms with E-state index in [0.29, 0.717) is 16.5 Å². The molecule has 0 aromatic heterocycles. The van der Waals surface area contributed by atoms with Crippen LogP contribution in [0, 0.1) is 11.6 Å². The summed E-state index contributed by atoms with van der Waals surface area (Å²) in [4.78, 5) is 0. The molecule has 0 atom stereocenters. The molecular formula is C14H11BrClF2NO. The molecule has 20 heavy (non-hydrogen) atoms. The second-order valence-corrected chi connectivity index (χ2v) is 5.29. The van der Waals surface area contributed by atoms with E-state index in [9.17, 15) is 8.78 Å². The molecule has 0 aliphatic heterocycles. The lowest BCUT2D eigenvalue weighted by Gasteiger charge is -2.11. The largest absolute Gasteiger partial charge is 0.495 e. The van der Waals surface area contributed by atoms with E-state index in [1.165, 1.54) is 19.2 Å². The van der Waals surface area contributed by atoms with Crippen molar-refractivity contribution in [3.63, 3.8) is 0 Å². The van der Waals surface area contributed by atoms with Gasteiger partial charge in [-0.2, -0.15) is 0 Å². The van der Waals surface area contributed by atoms with Crippen LogP contribution in [-0.2, 0) is 6.54 Å². The minimum Gasteiger partial charge on any atom is -0.495 e. The number of anilines is 1. The molecule has 0 amide bonds. The number of halogens is 4. The summed E-state index contributed by atoms with van der Waals surface area (Å²) < 4.78 is 32.7. The van der Waals surface area contributed by atoms with E-state index in [4.69, 9.17) is 16.3 Å². The van der Waals surface area contributed by atoms with Crippen LogP contribution in [0.25, 0.3) is 0 Å². The Labute approximate surface area is 128 Å². The van der Waals surface area contributed by atoms with E-state index in [-0.39, 0.29) is 16.6 Å². The number of rotatable bonds is 4. The van der Waals surface area contributed by atoms with Gasteiger partial charge in [0.05, 0.1) is 16.6 Å². The molecule has 0 aliphatic rings. The fraction of sp³-hybridized carbons (Fsp3) is 0.143. The van der Waals surface area contributed by atoms with E-state index in [0.717, 1.165) is 0 Å². The Bertz CT molecular complexity index is 637. The van der Waals surface area contributed by atoms with Crippen LogP contribution in [0.5, 0.6) is 5.75 Å². The van der Waals surface area contributed by atoms with Gasteiger partial charge in [-0.05, 0) is 40.2 Å². The Kier molecular flexibility index (Phi) is 4.83. The summed E-state index contributed by atoms with van der Waals surface area (Å²) >= 11 is 8.94. The van der Waals surface area contributed by atoms with Gasteiger partial charge < -0.3 is 10.1 Å². The van der Waals surface area contributed by atoms with Crippen LogP contribution in [0.2, 0.25) is 5.02 Å². The van der Waals surface area contributed by atoms with Crippen molar-refractivity contribution in [1.82, 2.24) is 0 Å². The van der Waals surface area contributed by atoms with Crippen LogP contribution >= 0.6 is 27.5 Å². The average molecular weight is 363 g/mol. The smallest absolute Gasteiger partial charge is 0.145 e. The van der Waals surface area contributed by atoms with Crippen molar-refractivity contribution < 1.29 is 13.5 Å². The monoisotopic (exact) mass is 361 g/mol. The molecule has 0 heterocycles. The first kappa shape index (κ1) is 15.1. The highest BCUT2D eigenvalue weighted by atomic mass is 79.9. The lowest BCUT2D eigenvalue weighted by molar-refractivity contribution is 0.415. The molecule has 0 bridgehead atoms. The van der Waals surface area contributed by atoms with Crippen LogP contribution in [0.4, 0.5) is 14.5 Å². The lowest BCUT2D eigenvalue weighted by Crippen LogP contribution is -2.05. The van der Waals surface area contributed by atoms with Gasteiger partial charge in [-0.3, -0.25) is 0 Å². The van der Waals surface area contributed by atoms with Gasteiger partial charge in [-0.15, -0.1) is 0 Å². The maximum absolute atomic E-state index is 13.8. The molecule has 0 saturated carbocycles. The highest BCUT2D eigenvalue weighted by Crippen LogP contribution is 2.28. The Morgan fingerprint density at radius 2 is 2.00 bits per heavy atom. The number of nitrogens with one attached hydrogen (secondary N) is 1. The molecule has 2 aromatic rings. The summed E-state index contributed by atoms with van der Waals surface area (Å²) in [6.07, 6.45) is 0. The second kappa shape index (κ2) is 6.41. The quantitative estimate of drug-likeness (QED) is 0.773. The maximum atomic E-state index is 13.8. The Morgan fingerprint density at radius 3 is 2.70 bits per heavy atom. The summed E-state index contributed by atoms with van der Waals surface area (Å²) in [5, 5.41) is 3.40. The number of methoxy groups -OCH3 is 1. The molecule has 1 N–H and O–H groups in total. The molecule has 2 aromatic carbocycles. The highest BCUT2D eigenvalue weighted by molar-refractivity contribution is 9.10. The molecule has 2 rings (SSSR count). The zero-order valence-electron chi connectivity index (χ0n) is 10.5. The van der Waals surface area contributed by atoms with Gasteiger partial charge in [-0.25, -0.2) is 8.78 Å². The van der Waals surface area contributed by atoms with Crippen molar-refractivity contribution in [2.24, 2.45) is 0 Å². The predicted molar refractivity (Wildman–Crippen MR) is 79.4 cm³/mol. The second-order valence-electron chi connectivity index (χ2n) is 4.02. The van der Waals surface area contributed by atoms with Gasteiger partial charge in [0.15, 0.2) is 0 Å². The van der Waals surface area contributed by atoms with E-state index in [1.807, 2.05) is 0 Å². The van der Waals surface area contributed by atoms with Gasteiger partial charge in [0, 0.05) is 23.9 Å². The van der Waals surface area contributed by atoms with Crippen LogP contribution < -0.4 is 10.1 Å². The van der Waals surface area contributed by atoms with Gasteiger partial charge in [0.1, 0.15) is 17.4 Å². The van der Waals surface area contributed by atoms with Gasteiger partial charge in [-0.1, -0.05) is 11.6 Å². The highest BCUT2D eigenvalue weighted by Gasteiger charge is 2.12. The van der Waals surface area contributed by atoms with E-state index < -0.39 is 11.6 Å². The summed E-state index contributed by atoms with van der Waals surface area (Å²) in [6.45, 7) is 0.0158. The van der Waals surface area contributed by atoms with Gasteiger partial charge in [0.25, 0.3) is 0 Å². The van der Waals surface area contributed by atoms with Gasteiger partial charge in [0.2, 0.25) is 0 Å². The molecule has 106 valence electrons. The Hall–Kier alpha value is -1.33. The minimum atomic E-state index is -0.613. The third kappa shape index (κ3) is 3.22. The van der Waals surface area contributed by atoms with Crippen LogP contribution in [-0.4, -0.2) is 7.11 Å². The lowest BCUT2D eigenvalue weighted by atomic mass is 10.2. The molecule has 0 aliphatic carbocycles. The molecule has 2 nitrogen and oxygen atoms in total. The third-order valence-corrected chi connectivity index (χ3v) is 3.68. The number of hydrogen-bond donors (Lipinski definition) is 1. The normalized spacial score (nSPS) is 10.4. The fourth-order valence-corrected chi connectivity index (χ4v) is 2.26. The van der Waals surface area contributed by atoms with Crippen LogP contribution in [0.15, 0.2) is 34.8 Å². The zero-order valence-corrected chi connectivity index (χ0v) is 12.9. The molecule has 0 radical (unpaired) electrons. The molecular weight excluding hydrogens is 352 g/mol. The topological polar surface area (TPSA) is 21.3 Å². The van der Waals surface area contributed by atoms with Crippen molar-refractivity contribution in [3.05, 3.63) is 57.0 Å². The van der Waals surface area contributed by atoms with Crippen molar-refractivity contribution in [3.8, 4) is 5.75 Å². The summed E-state index contributed by atoms with van der Waals surface area (Å²) in [5.74, 6) is -0.718. The minimum absolute atomic E-state index is 0.0158. The van der Waals surface area contributed by atoms with Crippen LogP contribution in [0.3, 0.4) is 0 Å². The predicted octanol–water partition coefficient (Wildman–Crippen LogP) is 5.00. The molecule has 0 unspecified atom stereocenters. The van der Waals surface area contributed by atoms with Crippen molar-refractivity contribution in [2.75, 3.05) is 12.4 Å². The zero-order chi connectivity index (χ0) is 14.7. The summed E-state index contributed by atoms with van der Waals surface area (Å²) in [5.41, 5.74) is 0.623. The van der Waals surface area contributed by atoms with E-state index >= 15 is 0 Å². The fourth-order valence-electron chi connectivity index (χ4n) is 1.69.